The van der Waals surface area contributed by atoms with E-state index >= 15 is 0 Å². The van der Waals surface area contributed by atoms with E-state index in [-0.39, 0.29) is 24.5 Å². The monoisotopic (exact) mass is 421 g/mol. The molecule has 1 saturated heterocycles. The van der Waals surface area contributed by atoms with Crippen molar-refractivity contribution < 1.29 is 14.4 Å². The molecule has 6 nitrogen and oxygen atoms in total. The van der Waals surface area contributed by atoms with Gasteiger partial charge >= 0.3 is 6.03 Å². The Morgan fingerprint density at radius 1 is 0.935 bits per heavy atom. The lowest BCUT2D eigenvalue weighted by molar-refractivity contribution is -0.140. The average molecular weight is 422 g/mol. The fourth-order valence-corrected chi connectivity index (χ4v) is 4.33. The number of nitrogens with zero attached hydrogens (tertiary/aromatic N) is 2. The number of amides is 4. The molecule has 0 aromatic heterocycles. The highest BCUT2D eigenvalue weighted by Crippen LogP contribution is 2.36. The molecule has 2 aromatic carbocycles. The Morgan fingerprint density at radius 3 is 2.10 bits per heavy atom. The highest BCUT2D eigenvalue weighted by atomic mass is 16.2. The Balaban J connectivity index is 2.06. The smallest absolute Gasteiger partial charge is 0.326 e. The maximum absolute atomic E-state index is 13.8. The fraction of sp³-hybridized carbons (Fsp3) is 0.400. The van der Waals surface area contributed by atoms with Gasteiger partial charge in [0.15, 0.2) is 5.54 Å². The van der Waals surface area contributed by atoms with Gasteiger partial charge in [-0.1, -0.05) is 48.5 Å². The molecule has 0 unspecified atom stereocenters. The van der Waals surface area contributed by atoms with E-state index in [1.165, 1.54) is 0 Å². The summed E-state index contributed by atoms with van der Waals surface area (Å²) in [5.41, 5.74) is 2.10. The summed E-state index contributed by atoms with van der Waals surface area (Å²) in [6, 6.07) is 14.3. The molecule has 0 radical (unpaired) electrons. The molecule has 1 atom stereocenters. The van der Waals surface area contributed by atoms with E-state index in [4.69, 9.17) is 0 Å². The largest absolute Gasteiger partial charge is 0.336 e. The topological polar surface area (TPSA) is 69.7 Å². The van der Waals surface area contributed by atoms with Crippen molar-refractivity contribution in [3.05, 3.63) is 70.8 Å². The first-order valence-corrected chi connectivity index (χ1v) is 10.7. The average Bonchev–Trinajstić information content (AvgIpc) is 2.95. The van der Waals surface area contributed by atoms with Crippen molar-refractivity contribution in [3.63, 3.8) is 0 Å². The minimum Gasteiger partial charge on any atom is -0.336 e. The molecule has 0 spiro atoms. The number of imide groups is 1. The summed E-state index contributed by atoms with van der Waals surface area (Å²) in [5.74, 6) is -0.690. The van der Waals surface area contributed by atoms with E-state index in [1.807, 2.05) is 90.1 Å². The van der Waals surface area contributed by atoms with E-state index in [0.29, 0.717) is 11.1 Å². The molecule has 4 amide bonds. The van der Waals surface area contributed by atoms with Crippen LogP contribution >= 0.6 is 0 Å². The van der Waals surface area contributed by atoms with Crippen LogP contribution in [-0.4, -0.2) is 46.3 Å². The summed E-state index contributed by atoms with van der Waals surface area (Å²) in [7, 11) is 0. The van der Waals surface area contributed by atoms with Crippen LogP contribution in [0.4, 0.5) is 4.79 Å². The van der Waals surface area contributed by atoms with Crippen LogP contribution in [0, 0.1) is 13.8 Å². The Morgan fingerprint density at radius 2 is 1.55 bits per heavy atom. The number of carbonyl (C=O) groups excluding carboxylic acids is 3. The van der Waals surface area contributed by atoms with Gasteiger partial charge < -0.3 is 10.2 Å². The Kier molecular flexibility index (Phi) is 6.20. The second-order valence-electron chi connectivity index (χ2n) is 8.73. The molecule has 1 aliphatic rings. The van der Waals surface area contributed by atoms with Crippen molar-refractivity contribution in [2.45, 2.75) is 59.2 Å². The summed E-state index contributed by atoms with van der Waals surface area (Å²) < 4.78 is 0. The van der Waals surface area contributed by atoms with Crippen LogP contribution in [0.5, 0.6) is 0 Å². The minimum atomic E-state index is -1.36. The third kappa shape index (κ3) is 3.94. The first kappa shape index (κ1) is 22.5. The van der Waals surface area contributed by atoms with Gasteiger partial charge in [0.05, 0.1) is 0 Å². The second kappa shape index (κ2) is 8.53. The first-order valence-electron chi connectivity index (χ1n) is 10.7. The predicted octanol–water partition coefficient (Wildman–Crippen LogP) is 3.74. The molecule has 0 saturated carbocycles. The van der Waals surface area contributed by atoms with Crippen LogP contribution in [0.25, 0.3) is 0 Å². The third-order valence-electron chi connectivity index (χ3n) is 5.95. The van der Waals surface area contributed by atoms with E-state index in [2.05, 4.69) is 5.32 Å². The Labute approximate surface area is 184 Å². The van der Waals surface area contributed by atoms with Crippen molar-refractivity contribution in [3.8, 4) is 0 Å². The minimum absolute atomic E-state index is 0.0353. The van der Waals surface area contributed by atoms with Gasteiger partial charge in [-0.2, -0.15) is 0 Å². The Hall–Kier alpha value is -3.15. The molecule has 1 aliphatic heterocycles. The lowest BCUT2D eigenvalue weighted by Gasteiger charge is -2.32. The van der Waals surface area contributed by atoms with Gasteiger partial charge in [-0.15, -0.1) is 0 Å². The molecule has 1 fully saturated rings. The molecule has 1 heterocycles. The second-order valence-corrected chi connectivity index (χ2v) is 8.73. The number of hydrogen-bond donors (Lipinski definition) is 1. The molecule has 31 heavy (non-hydrogen) atoms. The quantitative estimate of drug-likeness (QED) is 0.723. The summed E-state index contributed by atoms with van der Waals surface area (Å²) in [4.78, 5) is 42.6. The summed E-state index contributed by atoms with van der Waals surface area (Å²) in [5, 5.41) is 2.92. The lowest BCUT2D eigenvalue weighted by atomic mass is 9.81. The highest BCUT2D eigenvalue weighted by molar-refractivity contribution is 6.11. The zero-order chi connectivity index (χ0) is 22.9. The zero-order valence-electron chi connectivity index (χ0n) is 19.1. The zero-order valence-corrected chi connectivity index (χ0v) is 19.1. The van der Waals surface area contributed by atoms with Gasteiger partial charge in [0, 0.05) is 12.1 Å². The molecular weight excluding hydrogens is 390 g/mol. The van der Waals surface area contributed by atoms with Crippen LogP contribution in [0.3, 0.4) is 0 Å². The van der Waals surface area contributed by atoms with Crippen molar-refractivity contribution in [2.75, 3.05) is 6.54 Å². The van der Waals surface area contributed by atoms with E-state index in [1.54, 1.807) is 4.90 Å². The predicted molar refractivity (Wildman–Crippen MR) is 121 cm³/mol. The van der Waals surface area contributed by atoms with Crippen molar-refractivity contribution >= 4 is 17.8 Å². The van der Waals surface area contributed by atoms with Crippen LogP contribution in [0.2, 0.25) is 0 Å². The molecule has 3 rings (SSSR count). The molecule has 1 N–H and O–H groups in total. The fourth-order valence-electron chi connectivity index (χ4n) is 4.33. The maximum Gasteiger partial charge on any atom is 0.326 e. The van der Waals surface area contributed by atoms with Crippen LogP contribution < -0.4 is 5.32 Å². The van der Waals surface area contributed by atoms with Crippen LogP contribution in [-0.2, 0) is 15.1 Å². The van der Waals surface area contributed by atoms with E-state index < -0.39 is 17.5 Å². The summed E-state index contributed by atoms with van der Waals surface area (Å²) in [6.45, 7) is 11.4. The lowest BCUT2D eigenvalue weighted by Crippen LogP contribution is -2.49. The summed E-state index contributed by atoms with van der Waals surface area (Å²) in [6.07, 6.45) is 0. The Bertz CT molecular complexity index is 992. The van der Waals surface area contributed by atoms with E-state index in [0.717, 1.165) is 16.0 Å². The standard InChI is InChI=1S/C25H31N3O3/c1-16(2)28(17(3)4)22(29)15-27-23(30)25(26-24(27)31,20-10-8-7-9-11-20)21-13-12-18(5)19(6)14-21/h7-14,16-17H,15H2,1-6H3,(H,26,31)/t25-/m0/s1. The maximum atomic E-state index is 13.8. The molecular formula is C25H31N3O3. The molecule has 164 valence electrons. The summed E-state index contributed by atoms with van der Waals surface area (Å²) >= 11 is 0. The highest BCUT2D eigenvalue weighted by Gasteiger charge is 2.54. The number of carbonyl (C=O) groups is 3. The van der Waals surface area contributed by atoms with Gasteiger partial charge in [0.1, 0.15) is 6.54 Å². The van der Waals surface area contributed by atoms with Gasteiger partial charge in [0.2, 0.25) is 5.91 Å². The van der Waals surface area contributed by atoms with E-state index in [9.17, 15) is 14.4 Å². The van der Waals surface area contributed by atoms with Gasteiger partial charge in [-0.05, 0) is 63.8 Å². The van der Waals surface area contributed by atoms with Crippen LogP contribution in [0.15, 0.2) is 48.5 Å². The molecule has 6 heteroatoms. The van der Waals surface area contributed by atoms with Crippen molar-refractivity contribution in [1.29, 1.82) is 0 Å². The number of nitrogens with one attached hydrogen (secondary N) is 1. The number of benzene rings is 2. The van der Waals surface area contributed by atoms with Crippen molar-refractivity contribution in [1.82, 2.24) is 15.1 Å². The number of aryl methyl sites for hydroxylation is 2. The van der Waals surface area contributed by atoms with Gasteiger partial charge in [-0.3, -0.25) is 14.5 Å². The SMILES string of the molecule is Cc1ccc([C@]2(c3ccccc3)NC(=O)N(CC(=O)N(C(C)C)C(C)C)C2=O)cc1C. The molecule has 0 aliphatic carbocycles. The molecule has 2 aromatic rings. The first-order chi connectivity index (χ1) is 14.6. The number of urea groups is 1. The van der Waals surface area contributed by atoms with Gasteiger partial charge in [0.25, 0.3) is 5.91 Å². The normalized spacial score (nSPS) is 18.6. The number of rotatable bonds is 6. The third-order valence-corrected chi connectivity index (χ3v) is 5.95. The van der Waals surface area contributed by atoms with Gasteiger partial charge in [-0.25, -0.2) is 4.79 Å². The number of hydrogen-bond acceptors (Lipinski definition) is 3. The molecule has 0 bridgehead atoms. The van der Waals surface area contributed by atoms with Crippen LogP contribution in [0.1, 0.15) is 49.9 Å². The van der Waals surface area contributed by atoms with Crippen molar-refractivity contribution in [2.24, 2.45) is 0 Å².